The SMILES string of the molecule is N#CC1(c2c(F)cccc2Cl)CCOCC1. The molecule has 0 saturated carbocycles. The molecule has 0 radical (unpaired) electrons. The molecule has 2 rings (SSSR count). The van der Waals surface area contributed by atoms with E-state index in [1.807, 2.05) is 0 Å². The fourth-order valence-electron chi connectivity index (χ4n) is 2.09. The third-order valence-corrected chi connectivity index (χ3v) is 3.32. The lowest BCUT2D eigenvalue weighted by Crippen LogP contribution is -2.33. The Bertz CT molecular complexity index is 415. The van der Waals surface area contributed by atoms with Gasteiger partial charge in [0.1, 0.15) is 5.82 Å². The van der Waals surface area contributed by atoms with E-state index in [1.54, 1.807) is 12.1 Å². The van der Waals surface area contributed by atoms with Gasteiger partial charge in [0, 0.05) is 23.8 Å². The van der Waals surface area contributed by atoms with E-state index in [9.17, 15) is 9.65 Å². The molecular weight excluding hydrogens is 229 g/mol. The zero-order valence-corrected chi connectivity index (χ0v) is 9.43. The summed E-state index contributed by atoms with van der Waals surface area (Å²) < 4.78 is 19.0. The fraction of sp³-hybridized carbons (Fsp3) is 0.417. The number of rotatable bonds is 1. The Morgan fingerprint density at radius 2 is 2.06 bits per heavy atom. The van der Waals surface area contributed by atoms with Crippen molar-refractivity contribution in [3.63, 3.8) is 0 Å². The number of nitrogens with zero attached hydrogens (tertiary/aromatic N) is 1. The Hall–Kier alpha value is -1.11. The van der Waals surface area contributed by atoms with E-state index in [4.69, 9.17) is 16.3 Å². The van der Waals surface area contributed by atoms with Crippen LogP contribution in [0.4, 0.5) is 4.39 Å². The minimum atomic E-state index is -0.833. The summed E-state index contributed by atoms with van der Waals surface area (Å²) in [6, 6.07) is 6.72. The first kappa shape index (κ1) is 11.4. The average Bonchev–Trinajstić information content (AvgIpc) is 2.30. The average molecular weight is 240 g/mol. The van der Waals surface area contributed by atoms with Crippen molar-refractivity contribution in [3.05, 3.63) is 34.6 Å². The smallest absolute Gasteiger partial charge is 0.129 e. The van der Waals surface area contributed by atoms with Crippen molar-refractivity contribution in [2.75, 3.05) is 13.2 Å². The standard InChI is InChI=1S/C12H11ClFNO/c13-9-2-1-3-10(14)11(9)12(8-15)4-6-16-7-5-12/h1-3H,4-7H2. The second-order valence-electron chi connectivity index (χ2n) is 3.90. The molecule has 0 N–H and O–H groups in total. The van der Waals surface area contributed by atoms with Gasteiger partial charge in [0.25, 0.3) is 0 Å². The van der Waals surface area contributed by atoms with Gasteiger partial charge in [-0.05, 0) is 25.0 Å². The molecule has 0 aliphatic carbocycles. The van der Waals surface area contributed by atoms with Crippen molar-refractivity contribution >= 4 is 11.6 Å². The van der Waals surface area contributed by atoms with Crippen LogP contribution in [0.5, 0.6) is 0 Å². The maximum Gasteiger partial charge on any atom is 0.129 e. The molecule has 4 heteroatoms. The summed E-state index contributed by atoms with van der Waals surface area (Å²) in [4.78, 5) is 0. The van der Waals surface area contributed by atoms with Crippen LogP contribution >= 0.6 is 11.6 Å². The van der Waals surface area contributed by atoms with Gasteiger partial charge in [-0.15, -0.1) is 0 Å². The minimum absolute atomic E-state index is 0.322. The Morgan fingerprint density at radius 3 is 2.62 bits per heavy atom. The van der Waals surface area contributed by atoms with Gasteiger partial charge in [0.05, 0.1) is 11.5 Å². The second kappa shape index (κ2) is 4.40. The Morgan fingerprint density at radius 1 is 1.38 bits per heavy atom. The van der Waals surface area contributed by atoms with E-state index in [2.05, 4.69) is 6.07 Å². The molecule has 0 unspecified atom stereocenters. The molecule has 0 aromatic heterocycles. The van der Waals surface area contributed by atoms with E-state index in [0.717, 1.165) is 0 Å². The molecule has 0 amide bonds. The Labute approximate surface area is 98.6 Å². The zero-order valence-electron chi connectivity index (χ0n) is 8.67. The van der Waals surface area contributed by atoms with Crippen molar-refractivity contribution in [2.45, 2.75) is 18.3 Å². The first-order chi connectivity index (χ1) is 7.69. The van der Waals surface area contributed by atoms with Gasteiger partial charge in [-0.3, -0.25) is 0 Å². The van der Waals surface area contributed by atoms with Crippen molar-refractivity contribution in [3.8, 4) is 6.07 Å². The summed E-state index contributed by atoms with van der Waals surface area (Å²) in [6.45, 7) is 0.941. The maximum atomic E-state index is 13.8. The van der Waals surface area contributed by atoms with Gasteiger partial charge < -0.3 is 4.74 Å². The molecule has 16 heavy (non-hydrogen) atoms. The van der Waals surface area contributed by atoms with Crippen LogP contribution in [0.25, 0.3) is 0 Å². The third-order valence-electron chi connectivity index (χ3n) is 3.00. The van der Waals surface area contributed by atoms with E-state index in [1.165, 1.54) is 6.07 Å². The van der Waals surface area contributed by atoms with Crippen LogP contribution in [0.3, 0.4) is 0 Å². The largest absolute Gasteiger partial charge is 0.381 e. The second-order valence-corrected chi connectivity index (χ2v) is 4.31. The summed E-state index contributed by atoms with van der Waals surface area (Å²) in [7, 11) is 0. The van der Waals surface area contributed by atoms with Crippen LogP contribution in [0.2, 0.25) is 5.02 Å². The first-order valence-corrected chi connectivity index (χ1v) is 5.51. The molecule has 1 aromatic carbocycles. The molecule has 2 nitrogen and oxygen atoms in total. The van der Waals surface area contributed by atoms with Gasteiger partial charge in [0.2, 0.25) is 0 Å². The summed E-state index contributed by atoms with van der Waals surface area (Å²) in [5.74, 6) is -0.407. The predicted octanol–water partition coefficient (Wildman–Crippen LogP) is 3.05. The van der Waals surface area contributed by atoms with Crippen molar-refractivity contribution in [2.24, 2.45) is 0 Å². The van der Waals surface area contributed by atoms with Gasteiger partial charge >= 0.3 is 0 Å². The van der Waals surface area contributed by atoms with Crippen LogP contribution in [0.15, 0.2) is 18.2 Å². The van der Waals surface area contributed by atoms with Crippen LogP contribution in [-0.4, -0.2) is 13.2 Å². The molecule has 1 saturated heterocycles. The normalized spacial score (nSPS) is 19.1. The number of hydrogen-bond acceptors (Lipinski definition) is 2. The van der Waals surface area contributed by atoms with Crippen molar-refractivity contribution in [1.29, 1.82) is 5.26 Å². The predicted molar refractivity (Wildman–Crippen MR) is 58.8 cm³/mol. The number of hydrogen-bond donors (Lipinski definition) is 0. The topological polar surface area (TPSA) is 33.0 Å². The monoisotopic (exact) mass is 239 g/mol. The molecule has 0 bridgehead atoms. The summed E-state index contributed by atoms with van der Waals surface area (Å²) >= 11 is 6.00. The highest BCUT2D eigenvalue weighted by molar-refractivity contribution is 6.31. The third kappa shape index (κ3) is 1.79. The van der Waals surface area contributed by atoms with Crippen LogP contribution in [-0.2, 0) is 10.2 Å². The lowest BCUT2D eigenvalue weighted by Gasteiger charge is -2.31. The molecule has 1 fully saturated rings. The van der Waals surface area contributed by atoms with Gasteiger partial charge in [-0.25, -0.2) is 4.39 Å². The molecule has 1 aliphatic heterocycles. The van der Waals surface area contributed by atoms with E-state index in [-0.39, 0.29) is 0 Å². The van der Waals surface area contributed by atoms with Crippen molar-refractivity contribution in [1.82, 2.24) is 0 Å². The van der Waals surface area contributed by atoms with Gasteiger partial charge in [-0.2, -0.15) is 5.26 Å². The maximum absolute atomic E-state index is 13.8. The van der Waals surface area contributed by atoms with Crippen LogP contribution < -0.4 is 0 Å². The lowest BCUT2D eigenvalue weighted by molar-refractivity contribution is 0.0666. The van der Waals surface area contributed by atoms with Crippen LogP contribution in [0.1, 0.15) is 18.4 Å². The molecule has 1 aliphatic rings. The van der Waals surface area contributed by atoms with Gasteiger partial charge in [-0.1, -0.05) is 17.7 Å². The van der Waals surface area contributed by atoms with E-state index >= 15 is 0 Å². The lowest BCUT2D eigenvalue weighted by atomic mass is 9.75. The molecular formula is C12H11ClFNO. The summed E-state index contributed by atoms with van der Waals surface area (Å²) in [6.07, 6.45) is 0.980. The van der Waals surface area contributed by atoms with E-state index < -0.39 is 11.2 Å². The van der Waals surface area contributed by atoms with Crippen LogP contribution in [0, 0.1) is 17.1 Å². The molecule has 1 aromatic rings. The highest BCUT2D eigenvalue weighted by Gasteiger charge is 2.38. The zero-order chi connectivity index (χ0) is 11.6. The quantitative estimate of drug-likeness (QED) is 0.755. The number of halogens is 2. The molecule has 84 valence electrons. The van der Waals surface area contributed by atoms with E-state index in [0.29, 0.717) is 36.6 Å². The van der Waals surface area contributed by atoms with Gasteiger partial charge in [0.15, 0.2) is 0 Å². The Kier molecular flexibility index (Phi) is 3.13. The molecule has 0 atom stereocenters. The summed E-state index contributed by atoms with van der Waals surface area (Å²) in [5.41, 5.74) is -0.511. The number of benzene rings is 1. The molecule has 0 spiro atoms. The number of nitriles is 1. The highest BCUT2D eigenvalue weighted by atomic mass is 35.5. The number of ether oxygens (including phenoxy) is 1. The van der Waals surface area contributed by atoms with Crippen molar-refractivity contribution < 1.29 is 9.13 Å². The summed E-state index contributed by atoms with van der Waals surface area (Å²) in [5, 5.41) is 9.64. The minimum Gasteiger partial charge on any atom is -0.381 e. The highest BCUT2D eigenvalue weighted by Crippen LogP contribution is 2.39. The molecule has 1 heterocycles. The Balaban J connectivity index is 2.52. The first-order valence-electron chi connectivity index (χ1n) is 5.13. The fourth-order valence-corrected chi connectivity index (χ4v) is 2.44.